The van der Waals surface area contributed by atoms with Crippen LogP contribution in [0.15, 0.2) is 11.0 Å². The van der Waals surface area contributed by atoms with Gasteiger partial charge in [-0.15, -0.1) is 0 Å². The van der Waals surface area contributed by atoms with Crippen molar-refractivity contribution >= 4 is 13.8 Å². The van der Waals surface area contributed by atoms with Crippen LogP contribution in [0.4, 0.5) is 0 Å². The van der Waals surface area contributed by atoms with Crippen molar-refractivity contribution in [2.75, 3.05) is 6.61 Å². The molecule has 0 aliphatic rings. The molecule has 1 aromatic heterocycles. The molecule has 0 saturated heterocycles. The molecular formula is C9H11BN2O3. The van der Waals surface area contributed by atoms with E-state index in [1.807, 2.05) is 0 Å². The molecule has 0 amide bonds. The van der Waals surface area contributed by atoms with E-state index in [1.54, 1.807) is 13.8 Å². The van der Waals surface area contributed by atoms with Gasteiger partial charge in [-0.3, -0.25) is 4.79 Å². The van der Waals surface area contributed by atoms with Gasteiger partial charge in [-0.1, -0.05) is 6.92 Å². The van der Waals surface area contributed by atoms with Gasteiger partial charge < -0.3 is 9.72 Å². The normalized spacial score (nSPS) is 12.1. The molecule has 0 bridgehead atoms. The van der Waals surface area contributed by atoms with Crippen LogP contribution in [0.25, 0.3) is 0 Å². The van der Waals surface area contributed by atoms with Gasteiger partial charge in [0.1, 0.15) is 11.4 Å². The number of carbonyl (C=O) groups excluding carboxylic acids is 1. The fraction of sp³-hybridized carbons (Fsp3) is 0.444. The Bertz CT molecular complexity index is 414. The zero-order chi connectivity index (χ0) is 11.4. The molecule has 0 fully saturated rings. The largest absolute Gasteiger partial charge is 0.462 e. The lowest BCUT2D eigenvalue weighted by Gasteiger charge is -2.05. The number of ether oxygens (including phenoxy) is 1. The molecule has 6 heteroatoms. The fourth-order valence-electron chi connectivity index (χ4n) is 0.994. The molecule has 0 aliphatic heterocycles. The van der Waals surface area contributed by atoms with Crippen molar-refractivity contribution in [3.8, 4) is 0 Å². The van der Waals surface area contributed by atoms with E-state index in [-0.39, 0.29) is 18.0 Å². The molecule has 1 aromatic rings. The molecule has 1 N–H and O–H groups in total. The summed E-state index contributed by atoms with van der Waals surface area (Å²) in [6.07, 6.45) is 1.18. The minimum Gasteiger partial charge on any atom is -0.462 e. The molecular weight excluding hydrogens is 195 g/mol. The number of H-pyrrole nitrogens is 1. The van der Waals surface area contributed by atoms with E-state index in [1.165, 1.54) is 6.20 Å². The van der Waals surface area contributed by atoms with Gasteiger partial charge in [-0.2, -0.15) is 0 Å². The quantitative estimate of drug-likeness (QED) is 0.565. The number of nitrogens with zero attached hydrogens (tertiary/aromatic N) is 1. The maximum Gasteiger partial charge on any atom is 0.345 e. The van der Waals surface area contributed by atoms with E-state index in [0.717, 1.165) is 0 Å². The Balaban J connectivity index is 3.03. The average molecular weight is 206 g/mol. The van der Waals surface area contributed by atoms with Crippen molar-refractivity contribution in [1.82, 2.24) is 9.97 Å². The van der Waals surface area contributed by atoms with Gasteiger partial charge in [0.15, 0.2) is 0 Å². The smallest absolute Gasteiger partial charge is 0.345 e. The first kappa shape index (κ1) is 11.5. The molecule has 15 heavy (non-hydrogen) atoms. The lowest BCUT2D eigenvalue weighted by molar-refractivity contribution is 0.0523. The summed E-state index contributed by atoms with van der Waals surface area (Å²) in [4.78, 5) is 28.9. The highest BCUT2D eigenvalue weighted by atomic mass is 16.5. The molecule has 1 unspecified atom stereocenters. The van der Waals surface area contributed by atoms with Crippen LogP contribution in [0.2, 0.25) is 0 Å². The molecule has 0 spiro atoms. The first-order valence-electron chi connectivity index (χ1n) is 4.58. The van der Waals surface area contributed by atoms with Gasteiger partial charge in [0.2, 0.25) is 0 Å². The molecule has 0 aromatic carbocycles. The highest BCUT2D eigenvalue weighted by Gasteiger charge is 2.13. The highest BCUT2D eigenvalue weighted by molar-refractivity contribution is 6.11. The minimum atomic E-state index is -0.678. The predicted molar refractivity (Wildman–Crippen MR) is 55.0 cm³/mol. The zero-order valence-electron chi connectivity index (χ0n) is 8.61. The van der Waals surface area contributed by atoms with Crippen molar-refractivity contribution < 1.29 is 9.53 Å². The van der Waals surface area contributed by atoms with E-state index in [4.69, 9.17) is 7.85 Å². The van der Waals surface area contributed by atoms with Gasteiger partial charge in [-0.05, 0) is 12.7 Å². The molecule has 5 nitrogen and oxygen atoms in total. The van der Waals surface area contributed by atoms with Crippen LogP contribution >= 0.6 is 0 Å². The van der Waals surface area contributed by atoms with Crippen molar-refractivity contribution in [3.05, 3.63) is 27.9 Å². The number of aromatic amines is 1. The molecule has 1 rings (SSSR count). The number of hydrogen-bond acceptors (Lipinski definition) is 4. The van der Waals surface area contributed by atoms with E-state index < -0.39 is 11.5 Å². The van der Waals surface area contributed by atoms with E-state index in [0.29, 0.717) is 5.82 Å². The van der Waals surface area contributed by atoms with Crippen LogP contribution in [0, 0.1) is 0 Å². The predicted octanol–water partition coefficient (Wildman–Crippen LogP) is 0.176. The Morgan fingerprint density at radius 3 is 2.87 bits per heavy atom. The second-order valence-electron chi connectivity index (χ2n) is 3.02. The lowest BCUT2D eigenvalue weighted by atomic mass is 9.89. The van der Waals surface area contributed by atoms with Gasteiger partial charge in [-0.25, -0.2) is 9.78 Å². The number of aromatic nitrogens is 2. The second kappa shape index (κ2) is 4.77. The SMILES string of the molecule is [B]C(C)c1ncc(C(=O)OCC)c(=O)[nH]1. The van der Waals surface area contributed by atoms with E-state index >= 15 is 0 Å². The van der Waals surface area contributed by atoms with Crippen LogP contribution in [-0.2, 0) is 4.74 Å². The summed E-state index contributed by atoms with van der Waals surface area (Å²) >= 11 is 0. The number of carbonyl (C=O) groups is 1. The topological polar surface area (TPSA) is 72.0 Å². The van der Waals surface area contributed by atoms with Crippen molar-refractivity contribution in [1.29, 1.82) is 0 Å². The maximum atomic E-state index is 11.4. The minimum absolute atomic E-state index is 0.110. The number of rotatable bonds is 3. The van der Waals surface area contributed by atoms with Crippen molar-refractivity contribution in [3.63, 3.8) is 0 Å². The Labute approximate surface area is 88.3 Å². The zero-order valence-corrected chi connectivity index (χ0v) is 8.61. The summed E-state index contributed by atoms with van der Waals surface area (Å²) in [6.45, 7) is 3.56. The van der Waals surface area contributed by atoms with Crippen molar-refractivity contribution in [2.24, 2.45) is 0 Å². The number of hydrogen-bond donors (Lipinski definition) is 1. The summed E-state index contributed by atoms with van der Waals surface area (Å²) in [5.74, 6) is -0.718. The van der Waals surface area contributed by atoms with Crippen LogP contribution in [0.3, 0.4) is 0 Å². The molecule has 2 radical (unpaired) electrons. The van der Waals surface area contributed by atoms with Gasteiger partial charge >= 0.3 is 5.97 Å². The summed E-state index contributed by atoms with van der Waals surface area (Å²) in [7, 11) is 5.52. The summed E-state index contributed by atoms with van der Waals surface area (Å²) < 4.78 is 4.68. The molecule has 1 heterocycles. The number of esters is 1. The highest BCUT2D eigenvalue weighted by Crippen LogP contribution is 2.02. The van der Waals surface area contributed by atoms with Gasteiger partial charge in [0.05, 0.1) is 14.5 Å². The fourth-order valence-corrected chi connectivity index (χ4v) is 0.994. The summed E-state index contributed by atoms with van der Waals surface area (Å²) in [5.41, 5.74) is -0.642. The third-order valence-corrected chi connectivity index (χ3v) is 1.75. The maximum absolute atomic E-state index is 11.4. The van der Waals surface area contributed by atoms with Crippen molar-refractivity contribution in [2.45, 2.75) is 19.7 Å². The van der Waals surface area contributed by atoms with Gasteiger partial charge in [0, 0.05) is 6.20 Å². The third-order valence-electron chi connectivity index (χ3n) is 1.75. The first-order valence-corrected chi connectivity index (χ1v) is 4.58. The molecule has 0 saturated carbocycles. The van der Waals surface area contributed by atoms with E-state index in [2.05, 4.69) is 14.7 Å². The Kier molecular flexibility index (Phi) is 3.65. The van der Waals surface area contributed by atoms with Crippen LogP contribution in [0.5, 0.6) is 0 Å². The van der Waals surface area contributed by atoms with Gasteiger partial charge in [0.25, 0.3) is 5.56 Å². The summed E-state index contributed by atoms with van der Waals surface area (Å²) in [6, 6.07) is 0. The Hall–Kier alpha value is -1.59. The Morgan fingerprint density at radius 1 is 1.73 bits per heavy atom. The average Bonchev–Trinajstić information content (AvgIpc) is 2.17. The third kappa shape index (κ3) is 2.68. The second-order valence-corrected chi connectivity index (χ2v) is 3.02. The van der Waals surface area contributed by atoms with Crippen LogP contribution in [0.1, 0.15) is 35.8 Å². The molecule has 78 valence electrons. The molecule has 0 aliphatic carbocycles. The number of nitrogens with one attached hydrogen (secondary N) is 1. The summed E-state index contributed by atoms with van der Waals surface area (Å²) in [5, 5.41) is 0. The Morgan fingerprint density at radius 2 is 2.40 bits per heavy atom. The first-order chi connectivity index (χ1) is 7.06. The molecule has 1 atom stereocenters. The van der Waals surface area contributed by atoms with E-state index in [9.17, 15) is 9.59 Å². The van der Waals surface area contributed by atoms with Crippen LogP contribution in [-0.4, -0.2) is 30.4 Å². The lowest BCUT2D eigenvalue weighted by Crippen LogP contribution is -2.22. The van der Waals surface area contributed by atoms with Crippen LogP contribution < -0.4 is 5.56 Å². The standard InChI is InChI=1S/C9H11BN2O3/c1-3-15-9(14)6-4-11-7(5(2)10)12-8(6)13/h4-5H,3H2,1-2H3,(H,11,12,13). The monoisotopic (exact) mass is 206 g/mol.